The van der Waals surface area contributed by atoms with Gasteiger partial charge in [-0.25, -0.2) is 14.8 Å². The molecule has 4 aliphatic rings. The first-order valence-electron chi connectivity index (χ1n) is 19.8. The SMILES string of the molecule is C=C1/C=C\C=C(\OC(C)=O)CNC=C1c1cnc(-c2nc3oc2[C@]24c5cc(ccc5OC2Nc2c(Br)cccc24)C[C@H](NC(=O)OCc2ccccc2)C(=O)N[C@H]3C(C)C)o1. The number of fused-ring (bicyclic) bond motifs is 4. The van der Waals surface area contributed by atoms with Crippen molar-refractivity contribution in [1.82, 2.24) is 25.9 Å². The maximum atomic E-state index is 14.3. The van der Waals surface area contributed by atoms with E-state index in [0.29, 0.717) is 39.9 Å². The number of ether oxygens (including phenoxy) is 3. The first-order valence-corrected chi connectivity index (χ1v) is 20.6. The number of aromatic nitrogens is 2. The van der Waals surface area contributed by atoms with E-state index in [1.165, 1.54) is 6.92 Å². The number of amides is 2. The highest BCUT2D eigenvalue weighted by Crippen LogP contribution is 2.60. The summed E-state index contributed by atoms with van der Waals surface area (Å²) in [6.07, 6.45) is 7.24. The Morgan fingerprint density at radius 1 is 1.07 bits per heavy atom. The average molecular weight is 886 g/mol. The molecule has 61 heavy (non-hydrogen) atoms. The number of para-hydroxylation sites is 1. The van der Waals surface area contributed by atoms with Gasteiger partial charge in [0.25, 0.3) is 0 Å². The van der Waals surface area contributed by atoms with Crippen molar-refractivity contribution in [2.45, 2.75) is 57.5 Å². The van der Waals surface area contributed by atoms with Gasteiger partial charge in [0, 0.05) is 40.7 Å². The van der Waals surface area contributed by atoms with Crippen molar-refractivity contribution in [3.63, 3.8) is 0 Å². The number of hydrogen-bond donors (Lipinski definition) is 4. The number of hydrogen-bond acceptors (Lipinski definition) is 12. The minimum absolute atomic E-state index is 0.0366. The summed E-state index contributed by atoms with van der Waals surface area (Å²) >= 11 is 3.75. The van der Waals surface area contributed by atoms with Crippen LogP contribution in [-0.4, -0.2) is 46.8 Å². The fraction of sp³-hybridized carbons (Fsp3) is 0.239. The van der Waals surface area contributed by atoms with Crippen LogP contribution in [0.15, 0.2) is 129 Å². The second-order valence-corrected chi connectivity index (χ2v) is 16.3. The minimum Gasteiger partial charge on any atom is -0.469 e. The highest BCUT2D eigenvalue weighted by Gasteiger charge is 2.61. The zero-order valence-electron chi connectivity index (χ0n) is 33.4. The molecular weight excluding hydrogens is 844 g/mol. The summed E-state index contributed by atoms with van der Waals surface area (Å²) in [6, 6.07) is 19.2. The third-order valence-corrected chi connectivity index (χ3v) is 11.7. The molecule has 0 saturated carbocycles. The molecule has 4 bridgehead atoms. The molecule has 1 unspecified atom stereocenters. The van der Waals surface area contributed by atoms with Gasteiger partial charge >= 0.3 is 12.1 Å². The maximum absolute atomic E-state index is 14.3. The lowest BCUT2D eigenvalue weighted by Crippen LogP contribution is -2.49. The third-order valence-electron chi connectivity index (χ3n) is 11.0. The van der Waals surface area contributed by atoms with E-state index in [4.69, 9.17) is 33.0 Å². The van der Waals surface area contributed by atoms with Gasteiger partial charge in [-0.2, -0.15) is 0 Å². The van der Waals surface area contributed by atoms with E-state index in [1.54, 1.807) is 30.6 Å². The number of benzene rings is 3. The summed E-state index contributed by atoms with van der Waals surface area (Å²) in [5, 5.41) is 12.7. The van der Waals surface area contributed by atoms with E-state index in [9.17, 15) is 14.4 Å². The van der Waals surface area contributed by atoms with Crippen LogP contribution in [0.3, 0.4) is 0 Å². The van der Waals surface area contributed by atoms with Crippen LogP contribution in [0.2, 0.25) is 0 Å². The van der Waals surface area contributed by atoms with Gasteiger partial charge in [-0.3, -0.25) is 9.59 Å². The molecule has 5 aromatic rings. The molecule has 2 amide bonds. The maximum Gasteiger partial charge on any atom is 0.408 e. The Bertz CT molecular complexity index is 2680. The molecule has 14 nitrogen and oxygen atoms in total. The molecule has 4 aliphatic heterocycles. The van der Waals surface area contributed by atoms with Gasteiger partial charge in [-0.1, -0.05) is 87.2 Å². The number of alkyl carbamates (subject to hydrolysis) is 1. The van der Waals surface area contributed by atoms with E-state index in [2.05, 4.69) is 43.8 Å². The number of anilines is 1. The van der Waals surface area contributed by atoms with Crippen molar-refractivity contribution in [2.24, 2.45) is 5.92 Å². The molecule has 310 valence electrons. The molecule has 1 spiro atoms. The van der Waals surface area contributed by atoms with Crippen LogP contribution in [0.5, 0.6) is 5.75 Å². The van der Waals surface area contributed by atoms with E-state index < -0.39 is 41.7 Å². The molecule has 6 heterocycles. The van der Waals surface area contributed by atoms with Crippen LogP contribution in [-0.2, 0) is 37.5 Å². The van der Waals surface area contributed by atoms with Gasteiger partial charge in [-0.15, -0.1) is 0 Å². The Hall–Kier alpha value is -6.87. The van der Waals surface area contributed by atoms with Crippen molar-refractivity contribution in [3.8, 4) is 17.3 Å². The van der Waals surface area contributed by atoms with Gasteiger partial charge in [0.1, 0.15) is 35.6 Å². The van der Waals surface area contributed by atoms with Crippen LogP contribution < -0.4 is 26.0 Å². The Labute approximate surface area is 359 Å². The van der Waals surface area contributed by atoms with Crippen molar-refractivity contribution < 1.29 is 37.4 Å². The highest BCUT2D eigenvalue weighted by atomic mass is 79.9. The molecule has 0 saturated heterocycles. The predicted molar refractivity (Wildman–Crippen MR) is 228 cm³/mol. The second kappa shape index (κ2) is 16.0. The summed E-state index contributed by atoms with van der Waals surface area (Å²) in [4.78, 5) is 49.2. The van der Waals surface area contributed by atoms with Crippen molar-refractivity contribution in [1.29, 1.82) is 0 Å². The Balaban J connectivity index is 1.17. The Morgan fingerprint density at radius 2 is 1.90 bits per heavy atom. The van der Waals surface area contributed by atoms with Gasteiger partial charge in [-0.05, 0) is 56.8 Å². The number of allylic oxidation sites excluding steroid dienone is 5. The topological polar surface area (TPSA) is 179 Å². The van der Waals surface area contributed by atoms with Gasteiger partial charge < -0.3 is 44.3 Å². The summed E-state index contributed by atoms with van der Waals surface area (Å²) in [5.74, 6) is 1.08. The molecular formula is C46H41BrN6O8. The Kier molecular flexibility index (Phi) is 10.4. The van der Waals surface area contributed by atoms with Gasteiger partial charge in [0.05, 0.1) is 18.4 Å². The number of esters is 1. The zero-order chi connectivity index (χ0) is 42.4. The van der Waals surface area contributed by atoms with Crippen molar-refractivity contribution >= 4 is 45.2 Å². The quantitative estimate of drug-likeness (QED) is 0.117. The van der Waals surface area contributed by atoms with Crippen LogP contribution >= 0.6 is 15.9 Å². The molecule has 15 heteroatoms. The first kappa shape index (κ1) is 39.6. The van der Waals surface area contributed by atoms with Gasteiger partial charge in [0.2, 0.25) is 17.7 Å². The van der Waals surface area contributed by atoms with E-state index >= 15 is 0 Å². The summed E-state index contributed by atoms with van der Waals surface area (Å²) < 4.78 is 32.0. The van der Waals surface area contributed by atoms with Crippen molar-refractivity contribution in [2.75, 3.05) is 11.9 Å². The molecule has 0 radical (unpaired) electrons. The fourth-order valence-corrected chi connectivity index (χ4v) is 8.63. The molecule has 0 fully saturated rings. The second-order valence-electron chi connectivity index (χ2n) is 15.4. The Morgan fingerprint density at radius 3 is 2.70 bits per heavy atom. The summed E-state index contributed by atoms with van der Waals surface area (Å²) in [7, 11) is 0. The minimum atomic E-state index is -1.13. The van der Waals surface area contributed by atoms with E-state index in [-0.39, 0.29) is 37.3 Å². The average Bonchev–Trinajstić information content (AvgIpc) is 4.03. The standard InChI is InChI=1S/C46H41BrN6O8/c1-24(2)37-43-52-39(42-49-22-36(59-42)30-21-48-20-29(58-26(4)54)13-8-10-25(30)3)40(61-43)46-31-14-9-15-33(47)38(31)53-44(46)60-35-17-16-28(18-32(35)46)19-34(41(55)51-37)50-45(56)57-23-27-11-6-5-7-12-27/h5-18,21-22,24,34,37,44,48,53H,3,19-20,23H2,1-2,4H3,(H,50,56)(H,51,55)/b10-8-,29-13+,30-21?/t34-,37-,44?,46-/m0/s1. The number of halogens is 1. The van der Waals surface area contributed by atoms with Crippen LogP contribution in [0, 0.1) is 5.92 Å². The smallest absolute Gasteiger partial charge is 0.408 e. The largest absolute Gasteiger partial charge is 0.469 e. The lowest BCUT2D eigenvalue weighted by molar-refractivity contribution is -0.137. The van der Waals surface area contributed by atoms with Crippen molar-refractivity contribution in [3.05, 3.63) is 159 Å². The predicted octanol–water partition coefficient (Wildman–Crippen LogP) is 7.74. The zero-order valence-corrected chi connectivity index (χ0v) is 35.0. The molecule has 9 rings (SSSR count). The first-order chi connectivity index (χ1) is 29.5. The summed E-state index contributed by atoms with van der Waals surface area (Å²) in [6.45, 7) is 9.75. The number of rotatable bonds is 7. The number of carbonyl (C=O) groups is 3. The molecule has 0 aliphatic carbocycles. The number of carbonyl (C=O) groups excluding carboxylic acids is 3. The number of nitrogens with one attached hydrogen (secondary N) is 4. The lowest BCUT2D eigenvalue weighted by Gasteiger charge is -2.28. The lowest BCUT2D eigenvalue weighted by atomic mass is 9.72. The molecule has 2 aromatic heterocycles. The third kappa shape index (κ3) is 7.28. The fourth-order valence-electron chi connectivity index (χ4n) is 8.15. The highest BCUT2D eigenvalue weighted by molar-refractivity contribution is 9.10. The van der Waals surface area contributed by atoms with Crippen LogP contribution in [0.1, 0.15) is 66.5 Å². The monoisotopic (exact) mass is 884 g/mol. The number of nitrogens with zero attached hydrogens (tertiary/aromatic N) is 2. The molecule has 4 atom stereocenters. The number of oxazole rings is 2. The van der Waals surface area contributed by atoms with Gasteiger partial charge in [0.15, 0.2) is 23.4 Å². The van der Waals surface area contributed by atoms with Crippen LogP contribution in [0.4, 0.5) is 10.5 Å². The normalized spacial score (nSPS) is 22.7. The molecule has 3 aromatic carbocycles. The van der Waals surface area contributed by atoms with Crippen LogP contribution in [0.25, 0.3) is 17.2 Å². The van der Waals surface area contributed by atoms with E-state index in [1.807, 2.05) is 80.6 Å². The van der Waals surface area contributed by atoms with E-state index in [0.717, 1.165) is 32.4 Å². The summed E-state index contributed by atoms with van der Waals surface area (Å²) in [5.41, 5.74) is 4.38. The molecule has 4 N–H and O–H groups in total.